The van der Waals surface area contributed by atoms with Crippen LogP contribution in [-0.2, 0) is 4.74 Å². The van der Waals surface area contributed by atoms with Gasteiger partial charge in [0.15, 0.2) is 0 Å². The molecule has 0 saturated carbocycles. The molecule has 1 saturated heterocycles. The van der Waals surface area contributed by atoms with Gasteiger partial charge in [-0.2, -0.15) is 0 Å². The van der Waals surface area contributed by atoms with E-state index in [1.165, 1.54) is 0 Å². The Kier molecular flexibility index (Phi) is 5.13. The second-order valence-corrected chi connectivity index (χ2v) is 5.61. The molecule has 2 aromatic rings. The summed E-state index contributed by atoms with van der Waals surface area (Å²) >= 11 is 6.39. The van der Waals surface area contributed by atoms with Crippen LogP contribution in [0, 0.1) is 11.8 Å². The molecule has 3 heteroatoms. The van der Waals surface area contributed by atoms with E-state index in [9.17, 15) is 0 Å². The zero-order chi connectivity index (χ0) is 15.2. The average Bonchev–Trinajstić information content (AvgIpc) is 2.58. The summed E-state index contributed by atoms with van der Waals surface area (Å²) in [7, 11) is 0. The molecule has 0 radical (unpaired) electrons. The van der Waals surface area contributed by atoms with Crippen molar-refractivity contribution >= 4 is 11.6 Å². The van der Waals surface area contributed by atoms with Gasteiger partial charge in [-0.1, -0.05) is 59.8 Å². The van der Waals surface area contributed by atoms with Crippen LogP contribution in [0.25, 0.3) is 0 Å². The highest BCUT2D eigenvalue weighted by atomic mass is 35.5. The summed E-state index contributed by atoms with van der Waals surface area (Å²) in [6, 6.07) is 18.0. The SMILES string of the molecule is Clc1ccccc1C(C#Cc1ccccc1)N1CCOCC1. The van der Waals surface area contributed by atoms with E-state index in [-0.39, 0.29) is 6.04 Å². The zero-order valence-electron chi connectivity index (χ0n) is 12.3. The van der Waals surface area contributed by atoms with Crippen LogP contribution in [0.1, 0.15) is 17.2 Å². The molecule has 0 spiro atoms. The lowest BCUT2D eigenvalue weighted by Crippen LogP contribution is -2.38. The predicted octanol–water partition coefficient (Wildman–Crippen LogP) is 3.77. The van der Waals surface area contributed by atoms with Gasteiger partial charge in [0.1, 0.15) is 0 Å². The summed E-state index contributed by atoms with van der Waals surface area (Å²) in [5.74, 6) is 6.68. The molecule has 1 atom stereocenters. The van der Waals surface area contributed by atoms with Crippen molar-refractivity contribution in [2.45, 2.75) is 6.04 Å². The maximum absolute atomic E-state index is 6.39. The van der Waals surface area contributed by atoms with Crippen molar-refractivity contribution in [3.8, 4) is 11.8 Å². The highest BCUT2D eigenvalue weighted by Crippen LogP contribution is 2.27. The highest BCUT2D eigenvalue weighted by molar-refractivity contribution is 6.31. The number of rotatable bonds is 2. The second-order valence-electron chi connectivity index (χ2n) is 5.21. The number of halogens is 1. The van der Waals surface area contributed by atoms with Crippen LogP contribution in [-0.4, -0.2) is 31.2 Å². The summed E-state index contributed by atoms with van der Waals surface area (Å²) in [5.41, 5.74) is 2.09. The third-order valence-corrected chi connectivity index (χ3v) is 4.08. The normalized spacial score (nSPS) is 16.6. The first-order valence-corrected chi connectivity index (χ1v) is 7.85. The van der Waals surface area contributed by atoms with Gasteiger partial charge in [0.2, 0.25) is 0 Å². The monoisotopic (exact) mass is 311 g/mol. The van der Waals surface area contributed by atoms with Crippen LogP contribution in [0.2, 0.25) is 5.02 Å². The molecule has 1 heterocycles. The van der Waals surface area contributed by atoms with Crippen molar-refractivity contribution in [2.24, 2.45) is 0 Å². The van der Waals surface area contributed by atoms with E-state index in [0.29, 0.717) is 0 Å². The fourth-order valence-corrected chi connectivity index (χ4v) is 2.81. The van der Waals surface area contributed by atoms with Gasteiger partial charge in [-0.15, -0.1) is 0 Å². The van der Waals surface area contributed by atoms with Crippen molar-refractivity contribution < 1.29 is 4.74 Å². The van der Waals surface area contributed by atoms with Gasteiger partial charge < -0.3 is 4.74 Å². The first kappa shape index (κ1) is 15.1. The van der Waals surface area contributed by atoms with Crippen molar-refractivity contribution in [2.75, 3.05) is 26.3 Å². The van der Waals surface area contributed by atoms with E-state index in [0.717, 1.165) is 42.5 Å². The molecular formula is C19H18ClNO. The molecule has 1 unspecified atom stereocenters. The van der Waals surface area contributed by atoms with Crippen LogP contribution in [0.3, 0.4) is 0 Å². The van der Waals surface area contributed by atoms with Crippen LogP contribution < -0.4 is 0 Å². The molecule has 0 N–H and O–H groups in total. The number of hydrogen-bond donors (Lipinski definition) is 0. The molecule has 2 nitrogen and oxygen atoms in total. The maximum Gasteiger partial charge on any atom is 0.0990 e. The number of morpholine rings is 1. The van der Waals surface area contributed by atoms with E-state index in [4.69, 9.17) is 16.3 Å². The Hall–Kier alpha value is -1.79. The molecule has 0 bridgehead atoms. The smallest absolute Gasteiger partial charge is 0.0990 e. The quantitative estimate of drug-likeness (QED) is 0.783. The summed E-state index contributed by atoms with van der Waals surface area (Å²) in [5, 5.41) is 0.765. The van der Waals surface area contributed by atoms with Gasteiger partial charge in [0.25, 0.3) is 0 Å². The van der Waals surface area contributed by atoms with Gasteiger partial charge in [0.05, 0.1) is 19.3 Å². The molecule has 0 amide bonds. The van der Waals surface area contributed by atoms with Crippen LogP contribution in [0.5, 0.6) is 0 Å². The fourth-order valence-electron chi connectivity index (χ4n) is 2.57. The summed E-state index contributed by atoms with van der Waals surface area (Å²) in [6.07, 6.45) is 0. The Morgan fingerprint density at radius 3 is 2.36 bits per heavy atom. The van der Waals surface area contributed by atoms with E-state index < -0.39 is 0 Å². The predicted molar refractivity (Wildman–Crippen MR) is 89.9 cm³/mol. The first-order chi connectivity index (χ1) is 10.8. The number of ether oxygens (including phenoxy) is 1. The molecule has 112 valence electrons. The number of nitrogens with zero attached hydrogens (tertiary/aromatic N) is 1. The van der Waals surface area contributed by atoms with Gasteiger partial charge in [-0.3, -0.25) is 4.90 Å². The van der Waals surface area contributed by atoms with E-state index in [2.05, 4.69) is 22.8 Å². The topological polar surface area (TPSA) is 12.5 Å². The molecule has 2 aromatic carbocycles. The van der Waals surface area contributed by atoms with Gasteiger partial charge >= 0.3 is 0 Å². The van der Waals surface area contributed by atoms with Crippen molar-refractivity contribution in [3.63, 3.8) is 0 Å². The van der Waals surface area contributed by atoms with Crippen molar-refractivity contribution in [1.82, 2.24) is 4.90 Å². The standard InChI is InChI=1S/C19H18ClNO/c20-18-9-5-4-8-17(18)19(21-12-14-22-15-13-21)11-10-16-6-2-1-3-7-16/h1-9,19H,12-15H2. The third kappa shape index (κ3) is 3.69. The molecule has 1 aliphatic heterocycles. The fraction of sp³-hybridized carbons (Fsp3) is 0.263. The Bertz CT molecular complexity index is 669. The molecule has 0 aromatic heterocycles. The summed E-state index contributed by atoms with van der Waals surface area (Å²) in [4.78, 5) is 2.33. The molecule has 22 heavy (non-hydrogen) atoms. The van der Waals surface area contributed by atoms with Crippen LogP contribution >= 0.6 is 11.6 Å². The largest absolute Gasteiger partial charge is 0.379 e. The molecule has 1 fully saturated rings. The first-order valence-electron chi connectivity index (χ1n) is 7.47. The lowest BCUT2D eigenvalue weighted by atomic mass is 10.0. The lowest BCUT2D eigenvalue weighted by molar-refractivity contribution is 0.0270. The number of benzene rings is 2. The Balaban J connectivity index is 1.93. The van der Waals surface area contributed by atoms with Gasteiger partial charge in [-0.25, -0.2) is 0 Å². The summed E-state index contributed by atoms with van der Waals surface area (Å²) in [6.45, 7) is 3.24. The minimum Gasteiger partial charge on any atom is -0.379 e. The molecule has 3 rings (SSSR count). The minimum atomic E-state index is -0.00203. The lowest BCUT2D eigenvalue weighted by Gasteiger charge is -2.32. The van der Waals surface area contributed by atoms with Crippen molar-refractivity contribution in [3.05, 3.63) is 70.7 Å². The summed E-state index contributed by atoms with van der Waals surface area (Å²) < 4.78 is 5.46. The van der Waals surface area contributed by atoms with Gasteiger partial charge in [0, 0.05) is 23.7 Å². The molecular weight excluding hydrogens is 294 g/mol. The Morgan fingerprint density at radius 2 is 1.64 bits per heavy atom. The minimum absolute atomic E-state index is 0.00203. The highest BCUT2D eigenvalue weighted by Gasteiger charge is 2.22. The zero-order valence-corrected chi connectivity index (χ0v) is 13.1. The van der Waals surface area contributed by atoms with E-state index >= 15 is 0 Å². The third-order valence-electron chi connectivity index (χ3n) is 3.74. The van der Waals surface area contributed by atoms with Gasteiger partial charge in [-0.05, 0) is 23.8 Å². The van der Waals surface area contributed by atoms with E-state index in [1.54, 1.807) is 0 Å². The second kappa shape index (κ2) is 7.47. The molecule has 0 aliphatic carbocycles. The van der Waals surface area contributed by atoms with Crippen molar-refractivity contribution in [1.29, 1.82) is 0 Å². The Labute approximate surface area is 136 Å². The number of hydrogen-bond acceptors (Lipinski definition) is 2. The van der Waals surface area contributed by atoms with Crippen LogP contribution in [0.4, 0.5) is 0 Å². The van der Waals surface area contributed by atoms with Crippen LogP contribution in [0.15, 0.2) is 54.6 Å². The van der Waals surface area contributed by atoms with E-state index in [1.807, 2.05) is 48.5 Å². The maximum atomic E-state index is 6.39. The Morgan fingerprint density at radius 1 is 0.955 bits per heavy atom. The average molecular weight is 312 g/mol. The molecule has 1 aliphatic rings.